The Morgan fingerprint density at radius 3 is 2.79 bits per heavy atom. The van der Waals surface area contributed by atoms with E-state index in [0.717, 1.165) is 12.1 Å². The second kappa shape index (κ2) is 5.74. The van der Waals surface area contributed by atoms with Gasteiger partial charge in [0.2, 0.25) is 10.0 Å². The number of hydrogen-bond acceptors (Lipinski definition) is 5. The van der Waals surface area contributed by atoms with Crippen molar-refractivity contribution in [2.24, 2.45) is 0 Å². The molecule has 0 amide bonds. The number of sulfonamides is 1. The summed E-state index contributed by atoms with van der Waals surface area (Å²) >= 11 is 1.30. The molecule has 19 heavy (non-hydrogen) atoms. The Morgan fingerprint density at radius 2 is 2.21 bits per heavy atom. The quantitative estimate of drug-likeness (QED) is 0.871. The Balaban J connectivity index is 2.19. The minimum atomic E-state index is -3.93. The van der Waals surface area contributed by atoms with Crippen LogP contribution in [0.5, 0.6) is 0 Å². The Kier molecular flexibility index (Phi) is 4.25. The lowest BCUT2D eigenvalue weighted by Crippen LogP contribution is -2.24. The lowest BCUT2D eigenvalue weighted by molar-refractivity contribution is 0.281. The summed E-state index contributed by atoms with van der Waals surface area (Å²) in [5.74, 6) is -0.891. The lowest BCUT2D eigenvalue weighted by Gasteiger charge is -2.07. The highest BCUT2D eigenvalue weighted by Gasteiger charge is 2.19. The second-order valence-electron chi connectivity index (χ2n) is 3.67. The van der Waals surface area contributed by atoms with Gasteiger partial charge in [-0.1, -0.05) is 6.07 Å². The largest absolute Gasteiger partial charge is 0.392 e. The van der Waals surface area contributed by atoms with Crippen molar-refractivity contribution >= 4 is 21.4 Å². The maximum absolute atomic E-state index is 13.7. The average Bonchev–Trinajstić information content (AvgIpc) is 2.89. The molecule has 102 valence electrons. The molecule has 1 heterocycles. The molecule has 2 aromatic rings. The van der Waals surface area contributed by atoms with E-state index in [4.69, 9.17) is 5.11 Å². The molecule has 0 saturated carbocycles. The molecule has 0 atom stereocenters. The van der Waals surface area contributed by atoms with Crippen LogP contribution in [0.1, 0.15) is 10.6 Å². The van der Waals surface area contributed by atoms with Crippen molar-refractivity contribution in [3.8, 4) is 0 Å². The van der Waals surface area contributed by atoms with Crippen LogP contribution < -0.4 is 4.72 Å². The van der Waals surface area contributed by atoms with E-state index in [0.29, 0.717) is 10.6 Å². The maximum atomic E-state index is 13.7. The summed E-state index contributed by atoms with van der Waals surface area (Å²) in [7, 11) is -3.93. The van der Waals surface area contributed by atoms with Gasteiger partial charge in [0.1, 0.15) is 15.7 Å². The molecule has 0 fully saturated rings. The minimum Gasteiger partial charge on any atom is -0.392 e. The van der Waals surface area contributed by atoms with Crippen LogP contribution in [0.15, 0.2) is 34.7 Å². The Labute approximate surface area is 113 Å². The zero-order chi connectivity index (χ0) is 13.9. The van der Waals surface area contributed by atoms with Gasteiger partial charge >= 0.3 is 0 Å². The summed E-state index contributed by atoms with van der Waals surface area (Å²) < 4.78 is 39.8. The molecule has 1 aromatic heterocycles. The van der Waals surface area contributed by atoms with E-state index in [-0.39, 0.29) is 13.2 Å². The van der Waals surface area contributed by atoms with E-state index in [1.807, 2.05) is 0 Å². The monoisotopic (exact) mass is 302 g/mol. The molecule has 0 unspecified atom stereocenters. The summed E-state index contributed by atoms with van der Waals surface area (Å²) in [6, 6.07) is 3.49. The van der Waals surface area contributed by atoms with Crippen molar-refractivity contribution < 1.29 is 17.9 Å². The molecule has 2 rings (SSSR count). The molecule has 2 N–H and O–H groups in total. The Morgan fingerprint density at radius 1 is 1.42 bits per heavy atom. The fourth-order valence-corrected chi connectivity index (χ4v) is 3.13. The zero-order valence-corrected chi connectivity index (χ0v) is 11.3. The predicted octanol–water partition coefficient (Wildman–Crippen LogP) is 1.25. The maximum Gasteiger partial charge on any atom is 0.243 e. The van der Waals surface area contributed by atoms with Gasteiger partial charge in [0.15, 0.2) is 0 Å². The van der Waals surface area contributed by atoms with E-state index < -0.39 is 20.7 Å². The van der Waals surface area contributed by atoms with Gasteiger partial charge in [0, 0.05) is 11.6 Å². The predicted molar refractivity (Wildman–Crippen MR) is 68.5 cm³/mol. The number of nitrogens with zero attached hydrogens (tertiary/aromatic N) is 1. The zero-order valence-electron chi connectivity index (χ0n) is 9.71. The van der Waals surface area contributed by atoms with E-state index in [1.54, 1.807) is 11.6 Å². The van der Waals surface area contributed by atoms with Crippen LogP contribution in [-0.4, -0.2) is 18.5 Å². The number of aliphatic hydroxyl groups excluding tert-OH is 1. The third kappa shape index (κ3) is 3.35. The van der Waals surface area contributed by atoms with Crippen LogP contribution in [0.25, 0.3) is 0 Å². The fourth-order valence-electron chi connectivity index (χ4n) is 1.44. The molecule has 8 heteroatoms. The van der Waals surface area contributed by atoms with Crippen LogP contribution in [0.2, 0.25) is 0 Å². The third-order valence-electron chi connectivity index (χ3n) is 2.37. The molecule has 0 radical (unpaired) electrons. The first-order chi connectivity index (χ1) is 9.03. The van der Waals surface area contributed by atoms with Gasteiger partial charge in [-0.25, -0.2) is 22.5 Å². The van der Waals surface area contributed by atoms with Crippen LogP contribution in [-0.2, 0) is 23.2 Å². The molecular weight excluding hydrogens is 291 g/mol. The number of hydrogen-bond donors (Lipinski definition) is 2. The molecule has 0 aliphatic carbocycles. The summed E-state index contributed by atoms with van der Waals surface area (Å²) in [5, 5.41) is 11.2. The van der Waals surface area contributed by atoms with Gasteiger partial charge in [-0.2, -0.15) is 0 Å². The summed E-state index contributed by atoms with van der Waals surface area (Å²) in [6.07, 6.45) is 1.56. The number of aliphatic hydroxyl groups is 1. The summed E-state index contributed by atoms with van der Waals surface area (Å²) in [6.45, 7) is -0.328. The number of rotatable bonds is 5. The first-order valence-corrected chi connectivity index (χ1v) is 7.66. The van der Waals surface area contributed by atoms with Crippen molar-refractivity contribution in [3.05, 3.63) is 46.2 Å². The van der Waals surface area contributed by atoms with Crippen LogP contribution in [0.3, 0.4) is 0 Å². The van der Waals surface area contributed by atoms with Gasteiger partial charge in [-0.15, -0.1) is 11.3 Å². The smallest absolute Gasteiger partial charge is 0.243 e. The molecular formula is C11H11FN2O3S2. The summed E-state index contributed by atoms with van der Waals surface area (Å²) in [4.78, 5) is 3.48. The second-order valence-corrected chi connectivity index (χ2v) is 6.39. The van der Waals surface area contributed by atoms with Gasteiger partial charge in [0.25, 0.3) is 0 Å². The SMILES string of the molecule is O=S(=O)(NCc1nccs1)c1ccc(CO)cc1F. The van der Waals surface area contributed by atoms with Crippen LogP contribution in [0, 0.1) is 5.82 Å². The van der Waals surface area contributed by atoms with Crippen molar-refractivity contribution in [2.45, 2.75) is 18.0 Å². The lowest BCUT2D eigenvalue weighted by atomic mass is 10.2. The van der Waals surface area contributed by atoms with Crippen LogP contribution in [0.4, 0.5) is 4.39 Å². The van der Waals surface area contributed by atoms with E-state index in [1.165, 1.54) is 17.4 Å². The number of nitrogens with one attached hydrogen (secondary N) is 1. The molecule has 0 aliphatic rings. The Hall–Kier alpha value is -1.35. The highest BCUT2D eigenvalue weighted by Crippen LogP contribution is 2.16. The summed E-state index contributed by atoms with van der Waals surface area (Å²) in [5.41, 5.74) is 0.316. The number of aromatic nitrogens is 1. The molecule has 1 aromatic carbocycles. The van der Waals surface area contributed by atoms with Gasteiger partial charge in [0.05, 0.1) is 13.2 Å². The van der Waals surface area contributed by atoms with E-state index >= 15 is 0 Å². The topological polar surface area (TPSA) is 79.3 Å². The highest BCUT2D eigenvalue weighted by molar-refractivity contribution is 7.89. The first-order valence-electron chi connectivity index (χ1n) is 5.30. The number of thiazole rings is 1. The molecule has 0 saturated heterocycles. The van der Waals surface area contributed by atoms with Crippen molar-refractivity contribution in [1.29, 1.82) is 0 Å². The van der Waals surface area contributed by atoms with E-state index in [9.17, 15) is 12.8 Å². The van der Waals surface area contributed by atoms with Gasteiger partial charge < -0.3 is 5.11 Å². The highest BCUT2D eigenvalue weighted by atomic mass is 32.2. The standard InChI is InChI=1S/C11H11FN2O3S2/c12-9-5-8(7-15)1-2-10(9)19(16,17)14-6-11-13-3-4-18-11/h1-5,14-15H,6-7H2. The average molecular weight is 302 g/mol. The first kappa shape index (κ1) is 14.1. The number of benzene rings is 1. The minimum absolute atomic E-state index is 0.0151. The van der Waals surface area contributed by atoms with Crippen molar-refractivity contribution in [2.75, 3.05) is 0 Å². The van der Waals surface area contributed by atoms with Crippen LogP contribution >= 0.6 is 11.3 Å². The van der Waals surface area contributed by atoms with Gasteiger partial charge in [-0.3, -0.25) is 0 Å². The van der Waals surface area contributed by atoms with E-state index in [2.05, 4.69) is 9.71 Å². The number of halogens is 1. The van der Waals surface area contributed by atoms with Crippen molar-refractivity contribution in [1.82, 2.24) is 9.71 Å². The normalized spacial score (nSPS) is 11.7. The van der Waals surface area contributed by atoms with Crippen molar-refractivity contribution in [3.63, 3.8) is 0 Å². The Bertz CT molecular complexity index is 657. The third-order valence-corrected chi connectivity index (χ3v) is 4.58. The molecule has 0 spiro atoms. The fraction of sp³-hybridized carbons (Fsp3) is 0.182. The molecule has 0 bridgehead atoms. The molecule has 0 aliphatic heterocycles. The molecule has 5 nitrogen and oxygen atoms in total. The van der Waals surface area contributed by atoms with Gasteiger partial charge in [-0.05, 0) is 17.7 Å².